The van der Waals surface area contributed by atoms with Crippen molar-refractivity contribution in [2.24, 2.45) is 5.92 Å². The largest absolute Gasteiger partial charge is 0.465 e. The third-order valence-electron chi connectivity index (χ3n) is 4.69. The number of rotatable bonds is 3. The van der Waals surface area contributed by atoms with Gasteiger partial charge in [0.15, 0.2) is 5.75 Å². The molecule has 1 aliphatic rings. The van der Waals surface area contributed by atoms with E-state index in [0.717, 1.165) is 0 Å². The predicted octanol–water partition coefficient (Wildman–Crippen LogP) is 4.13. The number of carbonyl (C=O) groups excluding carboxylic acids is 1. The molecule has 0 bridgehead atoms. The second-order valence-electron chi connectivity index (χ2n) is 6.36. The normalized spacial score (nSPS) is 18.4. The van der Waals surface area contributed by atoms with Crippen molar-refractivity contribution in [3.8, 4) is 5.75 Å². The summed E-state index contributed by atoms with van der Waals surface area (Å²) in [4.78, 5) is 25.5. The van der Waals surface area contributed by atoms with Gasteiger partial charge in [0.05, 0.1) is 17.6 Å². The van der Waals surface area contributed by atoms with Crippen LogP contribution in [0, 0.1) is 11.3 Å². The maximum atomic E-state index is 12.9. The average Bonchev–Trinajstić information content (AvgIpc) is 2.67. The van der Waals surface area contributed by atoms with Gasteiger partial charge in [-0.05, 0) is 36.8 Å². The second-order valence-corrected chi connectivity index (χ2v) is 6.79. The Morgan fingerprint density at radius 3 is 2.75 bits per heavy atom. The lowest BCUT2D eigenvalue weighted by Crippen LogP contribution is -2.40. The van der Waals surface area contributed by atoms with Crippen LogP contribution in [0.2, 0.25) is 5.02 Å². The van der Waals surface area contributed by atoms with E-state index in [9.17, 15) is 9.59 Å². The van der Waals surface area contributed by atoms with E-state index in [4.69, 9.17) is 30.9 Å². The molecule has 0 amide bonds. The van der Waals surface area contributed by atoms with Gasteiger partial charge in [0.1, 0.15) is 11.5 Å². The summed E-state index contributed by atoms with van der Waals surface area (Å²) in [6.07, 6.45) is 0. The van der Waals surface area contributed by atoms with Crippen LogP contribution in [0.1, 0.15) is 24.0 Å². The van der Waals surface area contributed by atoms with Gasteiger partial charge in [0.25, 0.3) is 0 Å². The number of carbonyl (C=O) groups is 1. The quantitative estimate of drug-likeness (QED) is 0.530. The molecule has 7 heteroatoms. The summed E-state index contributed by atoms with van der Waals surface area (Å²) in [7, 11) is 0. The Labute approximate surface area is 165 Å². The zero-order valence-electron chi connectivity index (χ0n) is 14.9. The molecule has 0 fully saturated rings. The van der Waals surface area contributed by atoms with Gasteiger partial charge in [-0.1, -0.05) is 35.9 Å². The zero-order chi connectivity index (χ0) is 19.8. The van der Waals surface area contributed by atoms with Crippen LogP contribution < -0.4 is 10.4 Å². The summed E-state index contributed by atoms with van der Waals surface area (Å²) in [6, 6.07) is 13.7. The summed E-state index contributed by atoms with van der Waals surface area (Å²) < 4.78 is 16.3. The van der Waals surface area contributed by atoms with Crippen molar-refractivity contribution in [2.75, 3.05) is 6.61 Å². The van der Waals surface area contributed by atoms with Crippen molar-refractivity contribution in [1.29, 1.82) is 5.41 Å². The van der Waals surface area contributed by atoms with E-state index in [0.29, 0.717) is 21.6 Å². The summed E-state index contributed by atoms with van der Waals surface area (Å²) in [5.74, 6) is -2.63. The predicted molar refractivity (Wildman–Crippen MR) is 104 cm³/mol. The number of hydrogen-bond acceptors (Lipinski definition) is 6. The van der Waals surface area contributed by atoms with Crippen LogP contribution in [0.5, 0.6) is 5.75 Å². The lowest BCUT2D eigenvalue weighted by molar-refractivity contribution is -0.146. The third kappa shape index (κ3) is 2.96. The summed E-state index contributed by atoms with van der Waals surface area (Å²) >= 11 is 6.15. The highest BCUT2D eigenvalue weighted by Gasteiger charge is 2.45. The van der Waals surface area contributed by atoms with Crippen molar-refractivity contribution >= 4 is 34.4 Å². The highest BCUT2D eigenvalue weighted by atomic mass is 35.5. The number of fused-ring (bicyclic) bond motifs is 3. The molecule has 0 saturated heterocycles. The summed E-state index contributed by atoms with van der Waals surface area (Å²) in [5, 5.41) is 9.38. The molecule has 1 aromatic heterocycles. The first-order chi connectivity index (χ1) is 13.5. The van der Waals surface area contributed by atoms with Gasteiger partial charge in [-0.2, -0.15) is 0 Å². The molecule has 0 radical (unpaired) electrons. The van der Waals surface area contributed by atoms with Crippen LogP contribution in [0.4, 0.5) is 0 Å². The molecule has 2 heterocycles. The smallest absolute Gasteiger partial charge is 0.343 e. The number of esters is 1. The molecule has 142 valence electrons. The van der Waals surface area contributed by atoms with Gasteiger partial charge in [-0.25, -0.2) is 4.79 Å². The number of para-hydroxylation sites is 1. The maximum Gasteiger partial charge on any atom is 0.343 e. The van der Waals surface area contributed by atoms with Crippen molar-refractivity contribution in [3.63, 3.8) is 0 Å². The lowest BCUT2D eigenvalue weighted by atomic mass is 9.78. The molecule has 28 heavy (non-hydrogen) atoms. The van der Waals surface area contributed by atoms with Gasteiger partial charge >= 0.3 is 11.6 Å². The lowest BCUT2D eigenvalue weighted by Gasteiger charge is -2.32. The molecule has 4 rings (SSSR count). The zero-order valence-corrected chi connectivity index (χ0v) is 15.7. The van der Waals surface area contributed by atoms with E-state index < -0.39 is 23.4 Å². The topological polar surface area (TPSA) is 89.6 Å². The summed E-state index contributed by atoms with van der Waals surface area (Å²) in [6.45, 7) is 1.82. The highest BCUT2D eigenvalue weighted by Crippen LogP contribution is 2.44. The maximum absolute atomic E-state index is 12.9. The van der Waals surface area contributed by atoms with Crippen molar-refractivity contribution in [3.05, 3.63) is 75.1 Å². The molecular weight excluding hydrogens is 382 g/mol. The third-order valence-corrected chi connectivity index (χ3v) is 4.92. The molecule has 1 N–H and O–H groups in total. The van der Waals surface area contributed by atoms with Crippen LogP contribution in [0.25, 0.3) is 11.0 Å². The van der Waals surface area contributed by atoms with E-state index in [-0.39, 0.29) is 23.8 Å². The van der Waals surface area contributed by atoms with Crippen LogP contribution >= 0.6 is 11.6 Å². The van der Waals surface area contributed by atoms with E-state index in [1.165, 1.54) is 0 Å². The fraction of sp³-hybridized carbons (Fsp3) is 0.190. The molecular formula is C21H16ClNO5. The Morgan fingerprint density at radius 1 is 1.21 bits per heavy atom. The Bertz CT molecular complexity index is 1150. The molecule has 0 aliphatic carbocycles. The first-order valence-electron chi connectivity index (χ1n) is 8.75. The Kier molecular flexibility index (Phi) is 4.65. The highest BCUT2D eigenvalue weighted by molar-refractivity contribution is 6.30. The van der Waals surface area contributed by atoms with Crippen molar-refractivity contribution < 1.29 is 18.7 Å². The molecule has 2 atom stereocenters. The number of benzene rings is 2. The van der Waals surface area contributed by atoms with E-state index in [2.05, 4.69) is 0 Å². The second kappa shape index (κ2) is 7.13. The summed E-state index contributed by atoms with van der Waals surface area (Å²) in [5.41, 5.74) is 0.497. The van der Waals surface area contributed by atoms with Crippen LogP contribution in [-0.4, -0.2) is 18.5 Å². The van der Waals surface area contributed by atoms with E-state index in [1.807, 2.05) is 0 Å². The molecule has 2 unspecified atom stereocenters. The van der Waals surface area contributed by atoms with Gasteiger partial charge < -0.3 is 13.9 Å². The minimum absolute atomic E-state index is 0.143. The number of ether oxygens (including phenoxy) is 2. The van der Waals surface area contributed by atoms with Crippen LogP contribution in [0.3, 0.4) is 0 Å². The van der Waals surface area contributed by atoms with Crippen molar-refractivity contribution in [2.45, 2.75) is 12.8 Å². The number of hydrogen-bond donors (Lipinski definition) is 1. The molecule has 1 aliphatic heterocycles. The number of nitrogens with one attached hydrogen (secondary N) is 1. The van der Waals surface area contributed by atoms with Gasteiger partial charge in [0.2, 0.25) is 5.90 Å². The molecule has 3 aromatic rings. The Hall–Kier alpha value is -3.12. The van der Waals surface area contributed by atoms with Gasteiger partial charge in [0, 0.05) is 10.9 Å². The van der Waals surface area contributed by atoms with Gasteiger partial charge in [-0.15, -0.1) is 0 Å². The fourth-order valence-corrected chi connectivity index (χ4v) is 3.74. The standard InChI is InChI=1S/C21H16ClNO5/c1-2-26-20(24)17-15(11-6-5-7-12(22)10-11)16-18(28-19(17)23)13-8-3-4-9-14(13)27-21(16)25/h3-10,15,17,23H,2H2,1H3. The van der Waals surface area contributed by atoms with Gasteiger partial charge in [-0.3, -0.25) is 10.2 Å². The van der Waals surface area contributed by atoms with E-state index >= 15 is 0 Å². The SMILES string of the molecule is CCOC(=O)C1C(=N)Oc2c(c(=O)oc3ccccc23)C1c1cccc(Cl)c1. The molecule has 2 aromatic carbocycles. The van der Waals surface area contributed by atoms with Crippen LogP contribution in [-0.2, 0) is 9.53 Å². The average molecular weight is 398 g/mol. The fourth-order valence-electron chi connectivity index (χ4n) is 3.54. The minimum Gasteiger partial charge on any atom is -0.465 e. The Balaban J connectivity index is 2.03. The van der Waals surface area contributed by atoms with E-state index in [1.54, 1.807) is 55.5 Å². The first kappa shape index (κ1) is 18.3. The number of halogens is 1. The van der Waals surface area contributed by atoms with Crippen molar-refractivity contribution in [1.82, 2.24) is 0 Å². The monoisotopic (exact) mass is 397 g/mol. The molecule has 0 saturated carbocycles. The Morgan fingerprint density at radius 2 is 2.00 bits per heavy atom. The minimum atomic E-state index is -1.12. The van der Waals surface area contributed by atoms with Crippen LogP contribution in [0.15, 0.2) is 57.7 Å². The molecule has 0 spiro atoms. The molecule has 6 nitrogen and oxygen atoms in total. The first-order valence-corrected chi connectivity index (χ1v) is 9.13.